The highest BCUT2D eigenvalue weighted by Crippen LogP contribution is 2.35. The minimum Gasteiger partial charge on any atom is -0.495 e. The largest absolute Gasteiger partial charge is 0.495 e. The van der Waals surface area contributed by atoms with Crippen molar-refractivity contribution in [1.82, 2.24) is 0 Å². The maximum atomic E-state index is 12.9. The van der Waals surface area contributed by atoms with Gasteiger partial charge < -0.3 is 15.2 Å². The molecule has 1 aliphatic rings. The fourth-order valence-electron chi connectivity index (χ4n) is 2.51. The van der Waals surface area contributed by atoms with E-state index < -0.39 is 10.8 Å². The van der Waals surface area contributed by atoms with Gasteiger partial charge in [-0.05, 0) is 18.2 Å². The number of methoxy groups -OCH3 is 1. The molecule has 3 unspecified atom stereocenters. The topological polar surface area (TPSA) is 61.5 Å². The molecule has 0 saturated carbocycles. The molecule has 0 aliphatic carbocycles. The SMILES string of the molecule is COc1ccccc1S(=O)C1COc2ccccc2C1N. The van der Waals surface area contributed by atoms with Gasteiger partial charge in [0.1, 0.15) is 18.1 Å². The van der Waals surface area contributed by atoms with Crippen molar-refractivity contribution in [1.29, 1.82) is 0 Å². The molecule has 3 rings (SSSR count). The summed E-state index contributed by atoms with van der Waals surface area (Å²) in [6.45, 7) is 0.336. The van der Waals surface area contributed by atoms with E-state index in [0.29, 0.717) is 17.3 Å². The van der Waals surface area contributed by atoms with E-state index in [2.05, 4.69) is 0 Å². The van der Waals surface area contributed by atoms with Crippen molar-refractivity contribution in [3.63, 3.8) is 0 Å². The summed E-state index contributed by atoms with van der Waals surface area (Å²) < 4.78 is 23.9. The average Bonchev–Trinajstić information content (AvgIpc) is 2.55. The number of hydrogen-bond donors (Lipinski definition) is 1. The van der Waals surface area contributed by atoms with Gasteiger partial charge in [0.2, 0.25) is 0 Å². The lowest BCUT2D eigenvalue weighted by molar-refractivity contribution is 0.273. The van der Waals surface area contributed by atoms with Gasteiger partial charge in [0, 0.05) is 5.56 Å². The molecule has 0 spiro atoms. The van der Waals surface area contributed by atoms with E-state index in [1.54, 1.807) is 13.2 Å². The van der Waals surface area contributed by atoms with Gasteiger partial charge in [-0.15, -0.1) is 0 Å². The lowest BCUT2D eigenvalue weighted by Gasteiger charge is -2.30. The summed E-state index contributed by atoms with van der Waals surface area (Å²) in [6.07, 6.45) is 0. The van der Waals surface area contributed by atoms with Crippen LogP contribution in [0.1, 0.15) is 11.6 Å². The Bertz CT molecular complexity index is 674. The van der Waals surface area contributed by atoms with Crippen LogP contribution >= 0.6 is 0 Å². The Kier molecular flexibility index (Phi) is 3.94. The zero-order chi connectivity index (χ0) is 14.8. The van der Waals surface area contributed by atoms with Gasteiger partial charge in [0.15, 0.2) is 0 Å². The van der Waals surface area contributed by atoms with Crippen LogP contribution in [0.5, 0.6) is 11.5 Å². The molecule has 0 amide bonds. The fourth-order valence-corrected chi connectivity index (χ4v) is 4.00. The molecule has 3 atom stereocenters. The van der Waals surface area contributed by atoms with Crippen LogP contribution < -0.4 is 15.2 Å². The smallest absolute Gasteiger partial charge is 0.134 e. The molecule has 0 aromatic heterocycles. The van der Waals surface area contributed by atoms with E-state index in [1.165, 1.54) is 0 Å². The standard InChI is InChI=1S/C16H17NO3S/c1-19-13-8-4-5-9-14(13)21(18)15-10-20-12-7-3-2-6-11(12)16(15)17/h2-9,15-16H,10,17H2,1H3. The number of para-hydroxylation sites is 2. The number of hydrogen-bond acceptors (Lipinski definition) is 4. The first-order chi connectivity index (χ1) is 10.2. The molecule has 2 aromatic rings. The predicted octanol–water partition coefficient (Wildman–Crippen LogP) is 2.26. The van der Waals surface area contributed by atoms with Crippen LogP contribution in [0.4, 0.5) is 0 Å². The summed E-state index contributed by atoms with van der Waals surface area (Å²) in [5, 5.41) is -0.295. The van der Waals surface area contributed by atoms with E-state index in [9.17, 15) is 4.21 Å². The molecule has 0 radical (unpaired) electrons. The van der Waals surface area contributed by atoms with Crippen LogP contribution in [0.2, 0.25) is 0 Å². The van der Waals surface area contributed by atoms with E-state index >= 15 is 0 Å². The van der Waals surface area contributed by atoms with Gasteiger partial charge in [-0.1, -0.05) is 30.3 Å². The molecule has 21 heavy (non-hydrogen) atoms. The lowest BCUT2D eigenvalue weighted by atomic mass is 10.0. The number of ether oxygens (including phenoxy) is 2. The highest BCUT2D eigenvalue weighted by molar-refractivity contribution is 7.85. The minimum absolute atomic E-state index is 0.295. The van der Waals surface area contributed by atoms with Crippen molar-refractivity contribution in [2.24, 2.45) is 5.73 Å². The molecular formula is C16H17NO3S. The van der Waals surface area contributed by atoms with E-state index in [1.807, 2.05) is 42.5 Å². The average molecular weight is 303 g/mol. The van der Waals surface area contributed by atoms with Crippen LogP contribution in [0.15, 0.2) is 53.4 Å². The Balaban J connectivity index is 1.93. The Hall–Kier alpha value is -1.85. The maximum absolute atomic E-state index is 12.9. The third-order valence-corrected chi connectivity index (χ3v) is 5.39. The number of nitrogens with two attached hydrogens (primary N) is 1. The second-order valence-electron chi connectivity index (χ2n) is 4.86. The summed E-state index contributed by atoms with van der Waals surface area (Å²) in [4.78, 5) is 0.656. The first kappa shape index (κ1) is 14.1. The lowest BCUT2D eigenvalue weighted by Crippen LogP contribution is -2.39. The summed E-state index contributed by atoms with van der Waals surface area (Å²) >= 11 is 0. The molecule has 0 saturated heterocycles. The Morgan fingerprint density at radius 3 is 2.71 bits per heavy atom. The zero-order valence-corrected chi connectivity index (χ0v) is 12.5. The van der Waals surface area contributed by atoms with Gasteiger partial charge in [-0.3, -0.25) is 4.21 Å². The maximum Gasteiger partial charge on any atom is 0.134 e. The number of benzene rings is 2. The van der Waals surface area contributed by atoms with Crippen molar-refractivity contribution in [3.8, 4) is 11.5 Å². The monoisotopic (exact) mass is 303 g/mol. The molecule has 0 bridgehead atoms. The molecule has 2 aromatic carbocycles. The third-order valence-electron chi connectivity index (χ3n) is 3.64. The van der Waals surface area contributed by atoms with E-state index in [4.69, 9.17) is 15.2 Å². The summed E-state index contributed by atoms with van der Waals surface area (Å²) in [7, 11) is 0.278. The molecule has 110 valence electrons. The molecule has 1 heterocycles. The van der Waals surface area contributed by atoms with Crippen LogP contribution in [-0.2, 0) is 10.8 Å². The Morgan fingerprint density at radius 1 is 1.19 bits per heavy atom. The van der Waals surface area contributed by atoms with Crippen molar-refractivity contribution in [3.05, 3.63) is 54.1 Å². The van der Waals surface area contributed by atoms with Gasteiger partial charge in [0.25, 0.3) is 0 Å². The third kappa shape index (κ3) is 2.54. The number of rotatable bonds is 3. The second-order valence-corrected chi connectivity index (χ2v) is 6.50. The van der Waals surface area contributed by atoms with Crippen molar-refractivity contribution in [2.45, 2.75) is 16.2 Å². The van der Waals surface area contributed by atoms with E-state index in [0.717, 1.165) is 11.3 Å². The minimum atomic E-state index is -1.29. The van der Waals surface area contributed by atoms with Crippen LogP contribution in [-0.4, -0.2) is 23.2 Å². The Labute approximate surface area is 126 Å². The van der Waals surface area contributed by atoms with Crippen LogP contribution in [0, 0.1) is 0 Å². The quantitative estimate of drug-likeness (QED) is 0.945. The Morgan fingerprint density at radius 2 is 1.90 bits per heavy atom. The van der Waals surface area contributed by atoms with Gasteiger partial charge in [0.05, 0.1) is 34.1 Å². The summed E-state index contributed by atoms with van der Waals surface area (Å²) in [5.41, 5.74) is 7.21. The molecule has 5 heteroatoms. The van der Waals surface area contributed by atoms with E-state index in [-0.39, 0.29) is 11.3 Å². The molecular weight excluding hydrogens is 286 g/mol. The van der Waals surface area contributed by atoms with Crippen molar-refractivity contribution < 1.29 is 13.7 Å². The summed E-state index contributed by atoms with van der Waals surface area (Å²) in [6, 6.07) is 14.6. The fraction of sp³-hybridized carbons (Fsp3) is 0.250. The normalized spacial score (nSPS) is 22.0. The molecule has 2 N–H and O–H groups in total. The highest BCUT2D eigenvalue weighted by atomic mass is 32.2. The summed E-state index contributed by atoms with van der Waals surface area (Å²) in [5.74, 6) is 1.39. The van der Waals surface area contributed by atoms with Crippen molar-refractivity contribution in [2.75, 3.05) is 13.7 Å². The van der Waals surface area contributed by atoms with Crippen molar-refractivity contribution >= 4 is 10.8 Å². The number of fused-ring (bicyclic) bond motifs is 1. The zero-order valence-electron chi connectivity index (χ0n) is 11.7. The van der Waals surface area contributed by atoms with Gasteiger partial charge in [-0.2, -0.15) is 0 Å². The molecule has 1 aliphatic heterocycles. The predicted molar refractivity (Wildman–Crippen MR) is 82.1 cm³/mol. The van der Waals surface area contributed by atoms with Crippen LogP contribution in [0.3, 0.4) is 0 Å². The molecule has 4 nitrogen and oxygen atoms in total. The van der Waals surface area contributed by atoms with Gasteiger partial charge >= 0.3 is 0 Å². The van der Waals surface area contributed by atoms with Gasteiger partial charge in [-0.25, -0.2) is 0 Å². The second kappa shape index (κ2) is 5.87. The first-order valence-electron chi connectivity index (χ1n) is 6.73. The first-order valence-corrected chi connectivity index (χ1v) is 7.94. The highest BCUT2D eigenvalue weighted by Gasteiger charge is 2.34. The molecule has 0 fully saturated rings. The van der Waals surface area contributed by atoms with Crippen LogP contribution in [0.25, 0.3) is 0 Å².